The lowest BCUT2D eigenvalue weighted by Gasteiger charge is -2.09. The molecule has 8 heteroatoms. The van der Waals surface area contributed by atoms with Crippen LogP contribution in [-0.2, 0) is 6.18 Å². The monoisotopic (exact) mass is 333 g/mol. The molecule has 19 heavy (non-hydrogen) atoms. The Kier molecular flexibility index (Phi) is 3.61. The van der Waals surface area contributed by atoms with Crippen molar-refractivity contribution < 1.29 is 17.9 Å². The summed E-state index contributed by atoms with van der Waals surface area (Å²) >= 11 is 3.22. The van der Waals surface area contributed by atoms with Crippen molar-refractivity contribution in [2.45, 2.75) is 6.18 Å². The third-order valence-corrected chi connectivity index (χ3v) is 2.49. The number of halogens is 4. The topological polar surface area (TPSA) is 61.0 Å². The van der Waals surface area contributed by atoms with Gasteiger partial charge in [-0.15, -0.1) is 0 Å². The second-order valence-corrected chi connectivity index (χ2v) is 4.43. The van der Waals surface area contributed by atoms with Crippen molar-refractivity contribution in [3.63, 3.8) is 0 Å². The van der Waals surface area contributed by atoms with E-state index in [2.05, 4.69) is 25.9 Å². The summed E-state index contributed by atoms with van der Waals surface area (Å²) in [6.07, 6.45) is -4.68. The molecule has 0 bridgehead atoms. The van der Waals surface area contributed by atoms with Crippen molar-refractivity contribution in [3.05, 3.63) is 40.6 Å². The number of aromatic nitrogens is 2. The van der Waals surface area contributed by atoms with E-state index in [4.69, 9.17) is 10.5 Å². The van der Waals surface area contributed by atoms with E-state index in [0.717, 1.165) is 10.5 Å². The van der Waals surface area contributed by atoms with Gasteiger partial charge < -0.3 is 10.5 Å². The van der Waals surface area contributed by atoms with Gasteiger partial charge in [0.2, 0.25) is 11.7 Å². The van der Waals surface area contributed by atoms with E-state index in [9.17, 15) is 13.2 Å². The lowest BCUT2D eigenvalue weighted by Crippen LogP contribution is -2.12. The largest absolute Gasteiger partial charge is 0.451 e. The van der Waals surface area contributed by atoms with Gasteiger partial charge in [0.15, 0.2) is 0 Å². The Bertz CT molecular complexity index is 604. The van der Waals surface area contributed by atoms with Crippen LogP contribution >= 0.6 is 15.9 Å². The summed E-state index contributed by atoms with van der Waals surface area (Å²) in [6.45, 7) is 0. The van der Waals surface area contributed by atoms with Gasteiger partial charge in [-0.1, -0.05) is 22.0 Å². The molecule has 2 N–H and O–H groups in total. The fraction of sp³-hybridized carbons (Fsp3) is 0.0909. The smallest absolute Gasteiger partial charge is 0.439 e. The first-order chi connectivity index (χ1) is 8.84. The highest BCUT2D eigenvalue weighted by atomic mass is 79.9. The summed E-state index contributed by atoms with van der Waals surface area (Å²) in [5.41, 5.74) is 5.30. The van der Waals surface area contributed by atoms with Crippen molar-refractivity contribution >= 4 is 21.7 Å². The first-order valence-corrected chi connectivity index (χ1v) is 5.79. The molecular weight excluding hydrogens is 327 g/mol. The van der Waals surface area contributed by atoms with Crippen molar-refractivity contribution in [2.75, 3.05) is 5.73 Å². The molecule has 100 valence electrons. The van der Waals surface area contributed by atoms with Crippen molar-refractivity contribution in [1.82, 2.24) is 9.97 Å². The van der Waals surface area contributed by atoms with Crippen LogP contribution in [0.25, 0.3) is 0 Å². The molecule has 0 aliphatic heterocycles. The number of benzene rings is 1. The van der Waals surface area contributed by atoms with Crippen LogP contribution in [-0.4, -0.2) is 9.97 Å². The fourth-order valence-corrected chi connectivity index (χ4v) is 1.65. The normalized spacial score (nSPS) is 11.4. The molecule has 0 aliphatic carbocycles. The van der Waals surface area contributed by atoms with E-state index in [1.807, 2.05) is 0 Å². The predicted molar refractivity (Wildman–Crippen MR) is 65.7 cm³/mol. The molecule has 1 heterocycles. The molecule has 0 radical (unpaired) electrons. The minimum atomic E-state index is -4.68. The van der Waals surface area contributed by atoms with Crippen molar-refractivity contribution in [2.24, 2.45) is 0 Å². The van der Waals surface area contributed by atoms with E-state index in [-0.39, 0.29) is 11.7 Å². The lowest BCUT2D eigenvalue weighted by atomic mass is 10.3. The third kappa shape index (κ3) is 3.57. The Morgan fingerprint density at radius 3 is 2.53 bits per heavy atom. The molecule has 0 atom stereocenters. The molecule has 0 spiro atoms. The average molecular weight is 334 g/mol. The number of ether oxygens (including phenoxy) is 1. The van der Waals surface area contributed by atoms with Crippen molar-refractivity contribution in [1.29, 1.82) is 0 Å². The molecule has 2 aromatic rings. The molecule has 1 aromatic heterocycles. The van der Waals surface area contributed by atoms with Gasteiger partial charge in [0, 0.05) is 10.5 Å². The number of rotatable bonds is 2. The number of alkyl halides is 3. The molecule has 4 nitrogen and oxygen atoms in total. The van der Waals surface area contributed by atoms with Crippen LogP contribution in [0.3, 0.4) is 0 Å². The molecule has 0 unspecified atom stereocenters. The van der Waals surface area contributed by atoms with E-state index in [1.54, 1.807) is 24.3 Å². The Balaban J connectivity index is 2.33. The number of anilines is 1. The van der Waals surface area contributed by atoms with Crippen LogP contribution in [0, 0.1) is 0 Å². The van der Waals surface area contributed by atoms with E-state index < -0.39 is 12.0 Å². The van der Waals surface area contributed by atoms with Crippen LogP contribution in [0.4, 0.5) is 19.0 Å². The van der Waals surface area contributed by atoms with Gasteiger partial charge in [-0.25, -0.2) is 4.98 Å². The third-order valence-electron chi connectivity index (χ3n) is 1.99. The minimum Gasteiger partial charge on any atom is -0.439 e. The quantitative estimate of drug-likeness (QED) is 0.911. The van der Waals surface area contributed by atoms with Crippen molar-refractivity contribution in [3.8, 4) is 11.6 Å². The summed E-state index contributed by atoms with van der Waals surface area (Å²) in [6, 6.07) is 7.72. The average Bonchev–Trinajstić information content (AvgIpc) is 2.26. The highest BCUT2D eigenvalue weighted by Gasteiger charge is 2.35. The predicted octanol–water partition coefficient (Wildman–Crippen LogP) is 3.63. The summed E-state index contributed by atoms with van der Waals surface area (Å²) in [7, 11) is 0. The number of hydrogen-bond donors (Lipinski definition) is 1. The molecule has 0 amide bonds. The van der Waals surface area contributed by atoms with Crippen LogP contribution in [0.2, 0.25) is 0 Å². The Morgan fingerprint density at radius 2 is 1.89 bits per heavy atom. The highest BCUT2D eigenvalue weighted by Crippen LogP contribution is 2.30. The zero-order chi connectivity index (χ0) is 14.0. The van der Waals surface area contributed by atoms with Gasteiger partial charge in [-0.05, 0) is 18.2 Å². The molecule has 2 rings (SSSR count). The number of nitrogens with two attached hydrogens (primary N) is 1. The van der Waals surface area contributed by atoms with Crippen LogP contribution < -0.4 is 10.5 Å². The summed E-state index contributed by atoms with van der Waals surface area (Å²) in [5, 5.41) is 0. The van der Waals surface area contributed by atoms with E-state index in [0.29, 0.717) is 5.75 Å². The first kappa shape index (κ1) is 13.6. The number of nitrogens with zero attached hydrogens (tertiary/aromatic N) is 2. The summed E-state index contributed by atoms with van der Waals surface area (Å²) in [5.74, 6) is -1.58. The second-order valence-electron chi connectivity index (χ2n) is 3.51. The maximum Gasteiger partial charge on any atom is 0.451 e. The summed E-state index contributed by atoms with van der Waals surface area (Å²) in [4.78, 5) is 6.39. The zero-order valence-electron chi connectivity index (χ0n) is 9.28. The van der Waals surface area contributed by atoms with Gasteiger partial charge >= 0.3 is 6.18 Å². The van der Waals surface area contributed by atoms with Gasteiger partial charge in [0.25, 0.3) is 0 Å². The van der Waals surface area contributed by atoms with Gasteiger partial charge in [-0.3, -0.25) is 0 Å². The number of nitrogen functional groups attached to an aromatic ring is 1. The van der Waals surface area contributed by atoms with Crippen LogP contribution in [0.5, 0.6) is 11.6 Å². The van der Waals surface area contributed by atoms with Crippen LogP contribution in [0.15, 0.2) is 34.8 Å². The van der Waals surface area contributed by atoms with E-state index >= 15 is 0 Å². The first-order valence-electron chi connectivity index (χ1n) is 5.00. The Hall–Kier alpha value is -1.83. The van der Waals surface area contributed by atoms with Crippen LogP contribution in [0.1, 0.15) is 5.82 Å². The van der Waals surface area contributed by atoms with Gasteiger partial charge in [0.1, 0.15) is 11.6 Å². The molecular formula is C11H7BrF3N3O. The molecule has 0 saturated heterocycles. The Labute approximate surface area is 114 Å². The highest BCUT2D eigenvalue weighted by molar-refractivity contribution is 9.10. The molecule has 0 fully saturated rings. The van der Waals surface area contributed by atoms with Gasteiger partial charge in [-0.2, -0.15) is 18.2 Å². The van der Waals surface area contributed by atoms with Gasteiger partial charge in [0.05, 0.1) is 0 Å². The standard InChI is InChI=1S/C11H7BrF3N3O/c12-6-2-1-3-7(4-6)19-9-5-8(16)17-10(18-9)11(13,14)15/h1-5H,(H2,16,17,18). The summed E-state index contributed by atoms with van der Waals surface area (Å²) < 4.78 is 43.5. The maximum atomic E-state index is 12.5. The minimum absolute atomic E-state index is 0.266. The number of hydrogen-bond acceptors (Lipinski definition) is 4. The molecule has 0 aliphatic rings. The molecule has 1 aromatic carbocycles. The zero-order valence-corrected chi connectivity index (χ0v) is 10.9. The van der Waals surface area contributed by atoms with E-state index in [1.165, 1.54) is 0 Å². The maximum absolute atomic E-state index is 12.5. The molecule has 0 saturated carbocycles. The SMILES string of the molecule is Nc1cc(Oc2cccc(Br)c2)nc(C(F)(F)F)n1. The Morgan fingerprint density at radius 1 is 1.16 bits per heavy atom. The fourth-order valence-electron chi connectivity index (χ4n) is 1.27. The second kappa shape index (κ2) is 5.04. The lowest BCUT2D eigenvalue weighted by molar-refractivity contribution is -0.145.